The number of hydrogen-bond donors (Lipinski definition) is 1. The van der Waals surface area contributed by atoms with E-state index >= 15 is 0 Å². The topological polar surface area (TPSA) is 15.3 Å². The van der Waals surface area contributed by atoms with Crippen LogP contribution in [0.2, 0.25) is 5.02 Å². The Kier molecular flexibility index (Phi) is 5.79. The molecule has 0 saturated carbocycles. The molecule has 0 radical (unpaired) electrons. The summed E-state index contributed by atoms with van der Waals surface area (Å²) in [5.74, 6) is 0.733. The van der Waals surface area contributed by atoms with Crippen molar-refractivity contribution in [1.82, 2.24) is 5.32 Å². The number of benzene rings is 1. The van der Waals surface area contributed by atoms with Gasteiger partial charge in [0.1, 0.15) is 0 Å². The maximum absolute atomic E-state index is 6.25. The van der Waals surface area contributed by atoms with Gasteiger partial charge in [-0.1, -0.05) is 31.5 Å². The Bertz CT molecular complexity index is 350. The molecule has 3 heteroatoms. The predicted molar refractivity (Wildman–Crippen MR) is 76.9 cm³/mol. The Morgan fingerprint density at radius 1 is 1.35 bits per heavy atom. The Hall–Kier alpha value is -0.730. The molecule has 0 bridgehead atoms. The second kappa shape index (κ2) is 6.87. The average Bonchev–Trinajstić information content (AvgIpc) is 2.28. The molecule has 0 saturated heterocycles. The molecule has 1 N–H and O–H groups in total. The third kappa shape index (κ3) is 4.57. The SMILES string of the molecule is CNCc1ccc(N(C)CCC(C)C)cc1Cl. The van der Waals surface area contributed by atoms with E-state index in [1.165, 1.54) is 12.1 Å². The summed E-state index contributed by atoms with van der Waals surface area (Å²) in [6.45, 7) is 6.38. The highest BCUT2D eigenvalue weighted by atomic mass is 35.5. The summed E-state index contributed by atoms with van der Waals surface area (Å²) in [5, 5.41) is 3.96. The summed E-state index contributed by atoms with van der Waals surface area (Å²) < 4.78 is 0. The molecule has 0 aliphatic rings. The summed E-state index contributed by atoms with van der Waals surface area (Å²) >= 11 is 6.25. The minimum Gasteiger partial charge on any atom is -0.375 e. The van der Waals surface area contributed by atoms with Crippen LogP contribution in [0.3, 0.4) is 0 Å². The van der Waals surface area contributed by atoms with Crippen LogP contribution in [0, 0.1) is 5.92 Å². The van der Waals surface area contributed by atoms with Crippen molar-refractivity contribution in [3.05, 3.63) is 28.8 Å². The summed E-state index contributed by atoms with van der Waals surface area (Å²) in [6.07, 6.45) is 1.20. The van der Waals surface area contributed by atoms with Gasteiger partial charge in [0.2, 0.25) is 0 Å². The molecule has 0 heterocycles. The first-order valence-electron chi connectivity index (χ1n) is 6.18. The molecule has 0 spiro atoms. The largest absolute Gasteiger partial charge is 0.375 e. The monoisotopic (exact) mass is 254 g/mol. The molecule has 1 rings (SSSR count). The van der Waals surface area contributed by atoms with Gasteiger partial charge in [0.25, 0.3) is 0 Å². The van der Waals surface area contributed by atoms with Crippen LogP contribution in [-0.2, 0) is 6.54 Å². The zero-order chi connectivity index (χ0) is 12.8. The quantitative estimate of drug-likeness (QED) is 0.835. The molecule has 96 valence electrons. The van der Waals surface area contributed by atoms with E-state index in [9.17, 15) is 0 Å². The molecule has 0 aliphatic heterocycles. The number of anilines is 1. The fourth-order valence-electron chi connectivity index (χ4n) is 1.69. The van der Waals surface area contributed by atoms with Crippen molar-refractivity contribution in [2.24, 2.45) is 5.92 Å². The zero-order valence-corrected chi connectivity index (χ0v) is 12.0. The second-order valence-corrected chi connectivity index (χ2v) is 5.32. The lowest BCUT2D eigenvalue weighted by Gasteiger charge is -2.21. The third-order valence-corrected chi connectivity index (χ3v) is 3.24. The third-order valence-electron chi connectivity index (χ3n) is 2.89. The first-order valence-corrected chi connectivity index (χ1v) is 6.56. The lowest BCUT2D eigenvalue weighted by molar-refractivity contribution is 0.585. The Balaban J connectivity index is 2.68. The number of rotatable bonds is 6. The van der Waals surface area contributed by atoms with Gasteiger partial charge in [0, 0.05) is 30.8 Å². The predicted octanol–water partition coefficient (Wildman–Crippen LogP) is 3.54. The van der Waals surface area contributed by atoms with E-state index in [0.29, 0.717) is 0 Å². The van der Waals surface area contributed by atoms with Crippen LogP contribution in [-0.4, -0.2) is 20.6 Å². The van der Waals surface area contributed by atoms with Crippen LogP contribution in [0.5, 0.6) is 0 Å². The summed E-state index contributed by atoms with van der Waals surface area (Å²) in [7, 11) is 4.05. The van der Waals surface area contributed by atoms with Gasteiger partial charge in [-0.25, -0.2) is 0 Å². The highest BCUT2D eigenvalue weighted by Gasteiger charge is 2.05. The highest BCUT2D eigenvalue weighted by molar-refractivity contribution is 6.31. The van der Waals surface area contributed by atoms with Crippen LogP contribution in [0.1, 0.15) is 25.8 Å². The van der Waals surface area contributed by atoms with E-state index in [4.69, 9.17) is 11.6 Å². The lowest BCUT2D eigenvalue weighted by atomic mass is 10.1. The summed E-state index contributed by atoms with van der Waals surface area (Å²) in [6, 6.07) is 6.29. The van der Waals surface area contributed by atoms with Crippen LogP contribution in [0.4, 0.5) is 5.69 Å². The van der Waals surface area contributed by atoms with E-state index in [1.807, 2.05) is 7.05 Å². The smallest absolute Gasteiger partial charge is 0.0471 e. The molecule has 0 fully saturated rings. The maximum Gasteiger partial charge on any atom is 0.0471 e. The average molecular weight is 255 g/mol. The van der Waals surface area contributed by atoms with Crippen LogP contribution in [0.15, 0.2) is 18.2 Å². The van der Waals surface area contributed by atoms with Crippen molar-refractivity contribution in [2.75, 3.05) is 25.5 Å². The normalized spacial score (nSPS) is 10.9. The summed E-state index contributed by atoms with van der Waals surface area (Å²) in [5.41, 5.74) is 2.34. The van der Waals surface area contributed by atoms with Gasteiger partial charge in [-0.3, -0.25) is 0 Å². The standard InChI is InChI=1S/C14H23ClN2/c1-11(2)7-8-17(4)13-6-5-12(10-16-3)14(15)9-13/h5-6,9,11,16H,7-8,10H2,1-4H3. The van der Waals surface area contributed by atoms with Gasteiger partial charge in [-0.2, -0.15) is 0 Å². The fourth-order valence-corrected chi connectivity index (χ4v) is 1.93. The van der Waals surface area contributed by atoms with E-state index in [1.54, 1.807) is 0 Å². The van der Waals surface area contributed by atoms with E-state index < -0.39 is 0 Å². The van der Waals surface area contributed by atoms with Crippen molar-refractivity contribution in [1.29, 1.82) is 0 Å². The number of nitrogens with one attached hydrogen (secondary N) is 1. The molecule has 0 aromatic heterocycles. The molecular formula is C14H23ClN2. The number of hydrogen-bond acceptors (Lipinski definition) is 2. The first kappa shape index (κ1) is 14.3. The Labute approximate surface area is 110 Å². The minimum atomic E-state index is 0.733. The maximum atomic E-state index is 6.25. The zero-order valence-electron chi connectivity index (χ0n) is 11.3. The van der Waals surface area contributed by atoms with E-state index in [2.05, 4.69) is 49.3 Å². The van der Waals surface area contributed by atoms with E-state index in [0.717, 1.165) is 29.6 Å². The minimum absolute atomic E-state index is 0.733. The molecule has 17 heavy (non-hydrogen) atoms. The van der Waals surface area contributed by atoms with Crippen molar-refractivity contribution < 1.29 is 0 Å². The van der Waals surface area contributed by atoms with Gasteiger partial charge in [0.05, 0.1) is 0 Å². The van der Waals surface area contributed by atoms with Crippen molar-refractivity contribution in [2.45, 2.75) is 26.8 Å². The van der Waals surface area contributed by atoms with Gasteiger partial charge >= 0.3 is 0 Å². The molecular weight excluding hydrogens is 232 g/mol. The van der Waals surface area contributed by atoms with Gasteiger partial charge in [-0.05, 0) is 37.1 Å². The van der Waals surface area contributed by atoms with Crippen molar-refractivity contribution in [3.63, 3.8) is 0 Å². The first-order chi connectivity index (χ1) is 8.04. The van der Waals surface area contributed by atoms with Crippen molar-refractivity contribution >= 4 is 17.3 Å². The molecule has 1 aromatic carbocycles. The lowest BCUT2D eigenvalue weighted by Crippen LogP contribution is -2.20. The molecule has 0 atom stereocenters. The number of halogens is 1. The highest BCUT2D eigenvalue weighted by Crippen LogP contribution is 2.23. The fraction of sp³-hybridized carbons (Fsp3) is 0.571. The van der Waals surface area contributed by atoms with Crippen LogP contribution >= 0.6 is 11.6 Å². The van der Waals surface area contributed by atoms with E-state index in [-0.39, 0.29) is 0 Å². The molecule has 0 aliphatic carbocycles. The Morgan fingerprint density at radius 3 is 2.59 bits per heavy atom. The van der Waals surface area contributed by atoms with Crippen molar-refractivity contribution in [3.8, 4) is 0 Å². The van der Waals surface area contributed by atoms with Gasteiger partial charge in [-0.15, -0.1) is 0 Å². The second-order valence-electron chi connectivity index (χ2n) is 4.91. The summed E-state index contributed by atoms with van der Waals surface area (Å²) in [4.78, 5) is 2.26. The molecule has 0 amide bonds. The van der Waals surface area contributed by atoms with Gasteiger partial charge < -0.3 is 10.2 Å². The molecule has 2 nitrogen and oxygen atoms in total. The molecule has 1 aromatic rings. The van der Waals surface area contributed by atoms with Crippen LogP contribution in [0.25, 0.3) is 0 Å². The molecule has 0 unspecified atom stereocenters. The van der Waals surface area contributed by atoms with Crippen LogP contribution < -0.4 is 10.2 Å². The Morgan fingerprint density at radius 2 is 2.06 bits per heavy atom. The number of nitrogens with zero attached hydrogens (tertiary/aromatic N) is 1. The van der Waals surface area contributed by atoms with Gasteiger partial charge in [0.15, 0.2) is 0 Å².